The minimum absolute atomic E-state index is 0.116. The molecule has 2 aromatic heterocycles. The Kier molecular flexibility index (Phi) is 7.19. The van der Waals surface area contributed by atoms with Crippen LogP contribution in [-0.2, 0) is 20.9 Å². The van der Waals surface area contributed by atoms with Crippen molar-refractivity contribution in [2.24, 2.45) is 0 Å². The van der Waals surface area contributed by atoms with Crippen LogP contribution in [0.1, 0.15) is 42.7 Å². The lowest BCUT2D eigenvalue weighted by molar-refractivity contribution is -0.132. The third-order valence-electron chi connectivity index (χ3n) is 6.13. The lowest BCUT2D eigenvalue weighted by Gasteiger charge is -2.33. The maximum absolute atomic E-state index is 12.9. The second kappa shape index (κ2) is 10.4. The van der Waals surface area contributed by atoms with Gasteiger partial charge in [-0.25, -0.2) is 4.68 Å². The summed E-state index contributed by atoms with van der Waals surface area (Å²) in [6.07, 6.45) is 4.73. The minimum atomic E-state index is -0.701. The van der Waals surface area contributed by atoms with E-state index in [0.717, 1.165) is 24.1 Å². The zero-order chi connectivity index (χ0) is 23.2. The van der Waals surface area contributed by atoms with Crippen LogP contribution in [0, 0.1) is 6.92 Å². The first-order valence-electron chi connectivity index (χ1n) is 11.2. The van der Waals surface area contributed by atoms with Crippen LogP contribution in [-0.4, -0.2) is 56.5 Å². The number of anilines is 1. The van der Waals surface area contributed by atoms with E-state index in [-0.39, 0.29) is 17.9 Å². The quantitative estimate of drug-likeness (QED) is 0.569. The van der Waals surface area contributed by atoms with Crippen LogP contribution in [0.2, 0.25) is 0 Å². The maximum atomic E-state index is 12.9. The molecule has 1 N–H and O–H groups in total. The van der Waals surface area contributed by atoms with Gasteiger partial charge >= 0.3 is 0 Å². The lowest BCUT2D eigenvalue weighted by Crippen LogP contribution is -2.40. The molecule has 4 rings (SSSR count). The first-order valence-corrected chi connectivity index (χ1v) is 11.2. The van der Waals surface area contributed by atoms with Crippen LogP contribution in [0.3, 0.4) is 0 Å². The number of benzene rings is 1. The summed E-state index contributed by atoms with van der Waals surface area (Å²) in [7, 11) is 1.52. The molecule has 1 saturated heterocycles. The normalized spacial score (nSPS) is 15.4. The summed E-state index contributed by atoms with van der Waals surface area (Å²) in [5.41, 5.74) is 1.85. The molecule has 174 valence electrons. The zero-order valence-electron chi connectivity index (χ0n) is 19.1. The Morgan fingerprint density at radius 1 is 1.09 bits per heavy atom. The molecule has 0 unspecified atom stereocenters. The summed E-state index contributed by atoms with van der Waals surface area (Å²) in [5.74, 6) is 0.534. The number of amides is 2. The van der Waals surface area contributed by atoms with Crippen molar-refractivity contribution in [2.75, 3.05) is 25.5 Å². The van der Waals surface area contributed by atoms with Crippen molar-refractivity contribution < 1.29 is 14.3 Å². The average Bonchev–Trinajstić information content (AvgIpc) is 3.47. The predicted octanol–water partition coefficient (Wildman–Crippen LogP) is 2.97. The second-order valence-electron chi connectivity index (χ2n) is 8.23. The molecule has 3 aromatic rings. The highest BCUT2D eigenvalue weighted by Crippen LogP contribution is 2.27. The van der Waals surface area contributed by atoms with E-state index in [1.165, 1.54) is 7.11 Å². The Morgan fingerprint density at radius 2 is 1.82 bits per heavy atom. The minimum Gasteiger partial charge on any atom is -0.367 e. The van der Waals surface area contributed by atoms with Gasteiger partial charge in [-0.05, 0) is 31.4 Å². The molecule has 1 aliphatic rings. The highest BCUT2D eigenvalue weighted by molar-refractivity contribution is 5.94. The van der Waals surface area contributed by atoms with Crippen LogP contribution < -0.4 is 5.32 Å². The molecule has 0 bridgehead atoms. The van der Waals surface area contributed by atoms with Gasteiger partial charge in [0.2, 0.25) is 5.91 Å². The van der Waals surface area contributed by atoms with Crippen LogP contribution in [0.4, 0.5) is 5.82 Å². The molecule has 0 radical (unpaired) electrons. The topological polar surface area (TPSA) is 94.3 Å². The van der Waals surface area contributed by atoms with Gasteiger partial charge in [-0.3, -0.25) is 14.3 Å². The van der Waals surface area contributed by atoms with Gasteiger partial charge < -0.3 is 15.0 Å². The number of carbonyl (C=O) groups is 2. The van der Waals surface area contributed by atoms with Gasteiger partial charge in [0, 0.05) is 51.1 Å². The molecule has 1 aromatic carbocycles. The van der Waals surface area contributed by atoms with Crippen LogP contribution in [0.25, 0.3) is 0 Å². The fraction of sp³-hybridized carbons (Fsp3) is 0.417. The van der Waals surface area contributed by atoms with E-state index in [4.69, 9.17) is 4.74 Å². The number of aryl methyl sites for hydroxylation is 2. The molecule has 0 spiro atoms. The van der Waals surface area contributed by atoms with Gasteiger partial charge in [-0.1, -0.05) is 30.3 Å². The van der Waals surface area contributed by atoms with Gasteiger partial charge in [0.15, 0.2) is 6.10 Å². The molecular formula is C24H30N6O3. The Hall–Kier alpha value is -3.46. The Bertz CT molecular complexity index is 1070. The number of piperidine rings is 1. The maximum Gasteiger partial charge on any atom is 0.259 e. The molecule has 0 saturated carbocycles. The third kappa shape index (κ3) is 5.31. The predicted molar refractivity (Wildman–Crippen MR) is 123 cm³/mol. The van der Waals surface area contributed by atoms with E-state index in [0.29, 0.717) is 31.9 Å². The molecule has 33 heavy (non-hydrogen) atoms. The number of nitrogens with one attached hydrogen (secondary N) is 1. The molecule has 1 atom stereocenters. The first kappa shape index (κ1) is 22.7. The van der Waals surface area contributed by atoms with Crippen LogP contribution in [0.5, 0.6) is 0 Å². The molecule has 0 aliphatic carbocycles. The van der Waals surface area contributed by atoms with Gasteiger partial charge in [0.25, 0.3) is 5.91 Å². The Balaban J connectivity index is 1.32. The Morgan fingerprint density at radius 3 is 2.48 bits per heavy atom. The summed E-state index contributed by atoms with van der Waals surface area (Å²) in [4.78, 5) is 27.4. The summed E-state index contributed by atoms with van der Waals surface area (Å²) in [6.45, 7) is 3.91. The zero-order valence-corrected chi connectivity index (χ0v) is 19.1. The number of hydrogen-bond acceptors (Lipinski definition) is 5. The van der Waals surface area contributed by atoms with Crippen molar-refractivity contribution >= 4 is 17.6 Å². The van der Waals surface area contributed by atoms with Crippen molar-refractivity contribution in [3.63, 3.8) is 0 Å². The van der Waals surface area contributed by atoms with Gasteiger partial charge in [0.1, 0.15) is 5.82 Å². The van der Waals surface area contributed by atoms with Gasteiger partial charge in [-0.2, -0.15) is 10.2 Å². The van der Waals surface area contributed by atoms with Crippen molar-refractivity contribution in [3.8, 4) is 0 Å². The fourth-order valence-corrected chi connectivity index (χ4v) is 4.27. The standard InChI is InChI=1S/C24H30N6O3/c1-18-8-13-25-29(18)17-12-22(31)28-15-10-20(11-16-28)30-21(9-14-26-30)27-24(32)23(33-2)19-6-4-3-5-7-19/h3-9,13-14,20,23H,10-12,15-17H2,1-2H3,(H,27,32)/t23-/m1/s1. The lowest BCUT2D eigenvalue weighted by atomic mass is 10.0. The van der Waals surface area contributed by atoms with E-state index >= 15 is 0 Å². The SMILES string of the molecule is CO[C@@H](C(=O)Nc1ccnn1C1CCN(C(=O)CCn2nccc2C)CC1)c1ccccc1. The molecule has 9 heteroatoms. The molecule has 1 aliphatic heterocycles. The van der Waals surface area contributed by atoms with E-state index in [2.05, 4.69) is 15.5 Å². The van der Waals surface area contributed by atoms with Crippen molar-refractivity contribution in [1.82, 2.24) is 24.5 Å². The Labute approximate surface area is 193 Å². The molecule has 9 nitrogen and oxygen atoms in total. The van der Waals surface area contributed by atoms with Gasteiger partial charge in [0.05, 0.1) is 12.2 Å². The number of carbonyl (C=O) groups excluding carboxylic acids is 2. The van der Waals surface area contributed by atoms with E-state index < -0.39 is 6.10 Å². The van der Waals surface area contributed by atoms with E-state index in [1.54, 1.807) is 18.5 Å². The summed E-state index contributed by atoms with van der Waals surface area (Å²) >= 11 is 0. The number of nitrogens with zero attached hydrogens (tertiary/aromatic N) is 5. The summed E-state index contributed by atoms with van der Waals surface area (Å²) in [5, 5.41) is 11.6. The van der Waals surface area contributed by atoms with Crippen molar-refractivity contribution in [1.29, 1.82) is 0 Å². The van der Waals surface area contributed by atoms with E-state index in [1.807, 2.05) is 57.6 Å². The number of ether oxygens (including phenoxy) is 1. The fourth-order valence-electron chi connectivity index (χ4n) is 4.27. The smallest absolute Gasteiger partial charge is 0.259 e. The van der Waals surface area contributed by atoms with Crippen LogP contribution >= 0.6 is 0 Å². The number of aromatic nitrogens is 4. The first-order chi connectivity index (χ1) is 16.1. The number of likely N-dealkylation sites (tertiary alicyclic amines) is 1. The second-order valence-corrected chi connectivity index (χ2v) is 8.23. The number of hydrogen-bond donors (Lipinski definition) is 1. The molecule has 1 fully saturated rings. The largest absolute Gasteiger partial charge is 0.367 e. The molecule has 3 heterocycles. The van der Waals surface area contributed by atoms with Gasteiger partial charge in [-0.15, -0.1) is 0 Å². The summed E-state index contributed by atoms with van der Waals surface area (Å²) < 4.78 is 9.14. The number of rotatable bonds is 8. The van der Waals surface area contributed by atoms with Crippen LogP contribution in [0.15, 0.2) is 54.9 Å². The average molecular weight is 451 g/mol. The van der Waals surface area contributed by atoms with E-state index in [9.17, 15) is 9.59 Å². The third-order valence-corrected chi connectivity index (χ3v) is 6.13. The summed E-state index contributed by atoms with van der Waals surface area (Å²) in [6, 6.07) is 13.2. The molecule has 2 amide bonds. The van der Waals surface area contributed by atoms with Crippen molar-refractivity contribution in [3.05, 3.63) is 66.1 Å². The monoisotopic (exact) mass is 450 g/mol. The van der Waals surface area contributed by atoms with Crippen molar-refractivity contribution in [2.45, 2.75) is 44.9 Å². The highest BCUT2D eigenvalue weighted by atomic mass is 16.5. The number of methoxy groups -OCH3 is 1. The highest BCUT2D eigenvalue weighted by Gasteiger charge is 2.27. The molecular weight excluding hydrogens is 420 g/mol.